The van der Waals surface area contributed by atoms with E-state index in [0.717, 1.165) is 24.1 Å². The Kier molecular flexibility index (Phi) is 7.93. The monoisotopic (exact) mass is 488 g/mol. The summed E-state index contributed by atoms with van der Waals surface area (Å²) in [5.74, 6) is -1.55. The number of aromatic nitrogens is 2. The van der Waals surface area contributed by atoms with Gasteiger partial charge in [0.05, 0.1) is 16.8 Å². The molecule has 1 atom stereocenters. The number of hydrogen-bond donors (Lipinski definition) is 3. The smallest absolute Gasteiger partial charge is 0.405 e. The van der Waals surface area contributed by atoms with Crippen LogP contribution in [0, 0.1) is 18.6 Å². The van der Waals surface area contributed by atoms with E-state index in [-0.39, 0.29) is 24.5 Å². The first-order valence-electron chi connectivity index (χ1n) is 11.4. The maximum atomic E-state index is 14.1. The van der Waals surface area contributed by atoms with Crippen molar-refractivity contribution in [3.05, 3.63) is 64.6 Å². The Morgan fingerprint density at radius 1 is 1.23 bits per heavy atom. The lowest BCUT2D eigenvalue weighted by Crippen LogP contribution is -2.53. The van der Waals surface area contributed by atoms with Gasteiger partial charge in [-0.25, -0.2) is 18.6 Å². The minimum Gasteiger partial charge on any atom is -0.485 e. The minimum absolute atomic E-state index is 0.0785. The summed E-state index contributed by atoms with van der Waals surface area (Å²) in [5.41, 5.74) is 0.907. The zero-order chi connectivity index (χ0) is 25.8. The number of carbonyl (C=O) groups is 2. The van der Waals surface area contributed by atoms with Crippen LogP contribution in [0.4, 0.5) is 13.6 Å². The highest BCUT2D eigenvalue weighted by atomic mass is 19.1. The van der Waals surface area contributed by atoms with Crippen molar-refractivity contribution in [3.63, 3.8) is 0 Å². The van der Waals surface area contributed by atoms with Crippen LogP contribution in [0.1, 0.15) is 60.9 Å². The number of benzene rings is 1. The molecule has 2 heterocycles. The number of pyridine rings is 1. The largest absolute Gasteiger partial charge is 0.485 e. The Hall–Kier alpha value is -3.69. The van der Waals surface area contributed by atoms with E-state index in [1.165, 1.54) is 6.07 Å². The van der Waals surface area contributed by atoms with E-state index >= 15 is 0 Å². The van der Waals surface area contributed by atoms with Crippen molar-refractivity contribution in [2.45, 2.75) is 59.1 Å². The quantitative estimate of drug-likeness (QED) is 0.386. The van der Waals surface area contributed by atoms with Crippen molar-refractivity contribution in [3.8, 4) is 5.75 Å². The van der Waals surface area contributed by atoms with Gasteiger partial charge in [0, 0.05) is 12.7 Å². The molecule has 3 aromatic rings. The molecule has 10 heteroatoms. The van der Waals surface area contributed by atoms with Gasteiger partial charge in [-0.2, -0.15) is 0 Å². The maximum absolute atomic E-state index is 14.1. The second kappa shape index (κ2) is 10.7. The maximum Gasteiger partial charge on any atom is 0.405 e. The van der Waals surface area contributed by atoms with E-state index in [9.17, 15) is 18.4 Å². The first-order chi connectivity index (χ1) is 16.6. The fraction of sp³-hybridized carbons (Fsp3) is 0.400. The van der Waals surface area contributed by atoms with E-state index in [4.69, 9.17) is 9.84 Å². The van der Waals surface area contributed by atoms with E-state index in [1.54, 1.807) is 23.6 Å². The highest BCUT2D eigenvalue weighted by Gasteiger charge is 2.27. The average molecular weight is 489 g/mol. The number of nitrogens with one attached hydrogen (secondary N) is 2. The Labute approximate surface area is 202 Å². The third-order valence-corrected chi connectivity index (χ3v) is 5.86. The molecular formula is C25H30F2N4O4. The van der Waals surface area contributed by atoms with Gasteiger partial charge in [0.15, 0.2) is 11.4 Å². The molecule has 1 aromatic carbocycles. The van der Waals surface area contributed by atoms with Crippen molar-refractivity contribution in [2.75, 3.05) is 6.54 Å². The standard InChI is InChI=1S/C25H30F2N4O4/c1-5-8-19-21(23(32)28-14-25(4,6-2)30-24(33)34)31-12-15(3)11-20(22(31)29-19)35-13-16-17(26)9-7-10-18(16)27/h7,9-12,30H,5-6,8,13-14H2,1-4H3,(H,28,32)(H,33,34). The van der Waals surface area contributed by atoms with E-state index in [0.29, 0.717) is 29.9 Å². The van der Waals surface area contributed by atoms with Crippen LogP contribution in [0.15, 0.2) is 30.5 Å². The van der Waals surface area contributed by atoms with E-state index in [1.807, 2.05) is 20.8 Å². The predicted molar refractivity (Wildman–Crippen MR) is 127 cm³/mol. The van der Waals surface area contributed by atoms with Crippen LogP contribution in [0.25, 0.3) is 5.65 Å². The van der Waals surface area contributed by atoms with Crippen LogP contribution in [-0.4, -0.2) is 38.6 Å². The van der Waals surface area contributed by atoms with Crippen LogP contribution < -0.4 is 15.4 Å². The topological polar surface area (TPSA) is 105 Å². The number of hydrogen-bond acceptors (Lipinski definition) is 4. The lowest BCUT2D eigenvalue weighted by molar-refractivity contribution is 0.0930. The van der Waals surface area contributed by atoms with Crippen LogP contribution in [0.2, 0.25) is 0 Å². The number of carboxylic acid groups (broad SMARTS) is 1. The van der Waals surface area contributed by atoms with Crippen LogP contribution >= 0.6 is 0 Å². The number of fused-ring (bicyclic) bond motifs is 1. The lowest BCUT2D eigenvalue weighted by atomic mass is 9.99. The highest BCUT2D eigenvalue weighted by molar-refractivity contribution is 5.95. The molecule has 0 aliphatic carbocycles. The molecule has 2 amide bonds. The predicted octanol–water partition coefficient (Wildman–Crippen LogP) is 4.62. The first-order valence-corrected chi connectivity index (χ1v) is 11.4. The van der Waals surface area contributed by atoms with Gasteiger partial charge in [0.1, 0.15) is 23.9 Å². The van der Waals surface area contributed by atoms with Gasteiger partial charge in [-0.1, -0.05) is 26.3 Å². The Morgan fingerprint density at radius 3 is 2.51 bits per heavy atom. The third-order valence-electron chi connectivity index (χ3n) is 5.86. The molecule has 0 aliphatic heterocycles. The molecule has 0 saturated carbocycles. The molecule has 0 bridgehead atoms. The molecule has 1 unspecified atom stereocenters. The van der Waals surface area contributed by atoms with Gasteiger partial charge >= 0.3 is 6.09 Å². The number of halogens is 2. The highest BCUT2D eigenvalue weighted by Crippen LogP contribution is 2.27. The van der Waals surface area contributed by atoms with Crippen LogP contribution in [0.5, 0.6) is 5.75 Å². The van der Waals surface area contributed by atoms with E-state index in [2.05, 4.69) is 15.6 Å². The summed E-state index contributed by atoms with van der Waals surface area (Å²) in [7, 11) is 0. The minimum atomic E-state index is -1.17. The number of carbonyl (C=O) groups excluding carboxylic acids is 1. The summed E-state index contributed by atoms with van der Waals surface area (Å²) in [5, 5.41) is 14.4. The summed E-state index contributed by atoms with van der Waals surface area (Å²) in [6, 6.07) is 5.30. The number of rotatable bonds is 10. The van der Waals surface area contributed by atoms with Gasteiger partial charge in [0.2, 0.25) is 0 Å². The molecule has 3 N–H and O–H groups in total. The average Bonchev–Trinajstić information content (AvgIpc) is 3.15. The van der Waals surface area contributed by atoms with Crippen molar-refractivity contribution >= 4 is 17.6 Å². The van der Waals surface area contributed by atoms with Gasteiger partial charge in [-0.3, -0.25) is 9.20 Å². The van der Waals surface area contributed by atoms with Gasteiger partial charge in [0.25, 0.3) is 5.91 Å². The van der Waals surface area contributed by atoms with Gasteiger partial charge in [-0.05, 0) is 50.5 Å². The van der Waals surface area contributed by atoms with Crippen molar-refractivity contribution < 1.29 is 28.2 Å². The number of amides is 2. The normalized spacial score (nSPS) is 12.9. The Morgan fingerprint density at radius 2 is 1.91 bits per heavy atom. The molecular weight excluding hydrogens is 458 g/mol. The number of ether oxygens (including phenoxy) is 1. The molecule has 0 fully saturated rings. The van der Waals surface area contributed by atoms with Gasteiger partial charge in [-0.15, -0.1) is 0 Å². The summed E-state index contributed by atoms with van der Waals surface area (Å²) in [6.45, 7) is 7.04. The molecule has 188 valence electrons. The number of aryl methyl sites for hydroxylation is 2. The molecule has 8 nitrogen and oxygen atoms in total. The zero-order valence-corrected chi connectivity index (χ0v) is 20.2. The fourth-order valence-electron chi connectivity index (χ4n) is 3.74. The third kappa shape index (κ3) is 5.87. The summed E-state index contributed by atoms with van der Waals surface area (Å²) in [6.07, 6.45) is 2.28. The van der Waals surface area contributed by atoms with Crippen molar-refractivity contribution in [1.82, 2.24) is 20.0 Å². The first kappa shape index (κ1) is 25.9. The molecule has 3 rings (SSSR count). The molecule has 0 aliphatic rings. The second-order valence-electron chi connectivity index (χ2n) is 8.75. The lowest BCUT2D eigenvalue weighted by Gasteiger charge is -2.28. The summed E-state index contributed by atoms with van der Waals surface area (Å²) in [4.78, 5) is 29.0. The molecule has 0 saturated heterocycles. The summed E-state index contributed by atoms with van der Waals surface area (Å²) >= 11 is 0. The van der Waals surface area contributed by atoms with E-state index < -0.39 is 29.2 Å². The van der Waals surface area contributed by atoms with Crippen LogP contribution in [0.3, 0.4) is 0 Å². The molecule has 0 radical (unpaired) electrons. The molecule has 0 spiro atoms. The summed E-state index contributed by atoms with van der Waals surface area (Å²) < 4.78 is 35.5. The number of nitrogens with zero attached hydrogens (tertiary/aromatic N) is 2. The van der Waals surface area contributed by atoms with Gasteiger partial charge < -0.3 is 20.5 Å². The second-order valence-corrected chi connectivity index (χ2v) is 8.75. The Bertz CT molecular complexity index is 1220. The molecule has 35 heavy (non-hydrogen) atoms. The number of imidazole rings is 1. The van der Waals surface area contributed by atoms with Crippen LogP contribution in [-0.2, 0) is 13.0 Å². The zero-order valence-electron chi connectivity index (χ0n) is 20.2. The SMILES string of the molecule is CCCc1nc2c(OCc3c(F)cccc3F)cc(C)cn2c1C(=O)NCC(C)(CC)NC(=O)O. The fourth-order valence-corrected chi connectivity index (χ4v) is 3.74. The molecule has 2 aromatic heterocycles. The van der Waals surface area contributed by atoms with Crippen molar-refractivity contribution in [2.24, 2.45) is 0 Å². The van der Waals surface area contributed by atoms with Crippen molar-refractivity contribution in [1.29, 1.82) is 0 Å². The Balaban J connectivity index is 1.96.